The van der Waals surface area contributed by atoms with E-state index in [1.807, 2.05) is 26.0 Å². The molecule has 2 aromatic rings. The maximum Gasteiger partial charge on any atom is 0.227 e. The number of nitrogens with one attached hydrogen (secondary N) is 1. The van der Waals surface area contributed by atoms with Crippen LogP contribution in [0.4, 0.5) is 0 Å². The van der Waals surface area contributed by atoms with Crippen LogP contribution in [-0.2, 0) is 11.2 Å². The molecule has 7 nitrogen and oxygen atoms in total. The van der Waals surface area contributed by atoms with Crippen molar-refractivity contribution in [3.8, 4) is 11.5 Å². The van der Waals surface area contributed by atoms with Crippen molar-refractivity contribution in [2.75, 3.05) is 6.61 Å². The van der Waals surface area contributed by atoms with Crippen LogP contribution < -0.4 is 5.32 Å². The second-order valence-electron chi connectivity index (χ2n) is 5.66. The fraction of sp³-hybridized carbons (Fsp3) is 0.500. The summed E-state index contributed by atoms with van der Waals surface area (Å²) in [7, 11) is 0. The lowest BCUT2D eigenvalue weighted by molar-refractivity contribution is -0.122. The normalized spacial score (nSPS) is 12.3. The van der Waals surface area contributed by atoms with Crippen LogP contribution in [0.3, 0.4) is 0 Å². The van der Waals surface area contributed by atoms with E-state index >= 15 is 0 Å². The molecule has 0 radical (unpaired) electrons. The molecule has 124 valence electrons. The van der Waals surface area contributed by atoms with Crippen molar-refractivity contribution < 1.29 is 14.4 Å². The number of rotatable bonds is 8. The molecule has 1 unspecified atom stereocenters. The molecule has 0 aromatic carbocycles. The number of aliphatic hydroxyl groups excluding tert-OH is 1. The van der Waals surface area contributed by atoms with E-state index in [9.17, 15) is 4.79 Å². The Hall–Kier alpha value is -2.28. The molecule has 0 bridgehead atoms. The molecule has 1 amide bonds. The highest BCUT2D eigenvalue weighted by Gasteiger charge is 2.16. The van der Waals surface area contributed by atoms with Gasteiger partial charge in [-0.3, -0.25) is 9.78 Å². The Morgan fingerprint density at radius 3 is 2.87 bits per heavy atom. The first-order valence-electron chi connectivity index (χ1n) is 7.74. The minimum Gasteiger partial charge on any atom is -0.396 e. The van der Waals surface area contributed by atoms with Crippen LogP contribution in [0.5, 0.6) is 0 Å². The van der Waals surface area contributed by atoms with Crippen molar-refractivity contribution in [3.63, 3.8) is 0 Å². The molecule has 2 rings (SSSR count). The predicted molar refractivity (Wildman–Crippen MR) is 84.3 cm³/mol. The van der Waals surface area contributed by atoms with Gasteiger partial charge >= 0.3 is 0 Å². The Morgan fingerprint density at radius 2 is 2.22 bits per heavy atom. The van der Waals surface area contributed by atoms with Gasteiger partial charge in [0.15, 0.2) is 0 Å². The molecule has 2 heterocycles. The summed E-state index contributed by atoms with van der Waals surface area (Å²) in [6.07, 6.45) is 2.84. The van der Waals surface area contributed by atoms with Crippen LogP contribution in [0.25, 0.3) is 11.5 Å². The zero-order chi connectivity index (χ0) is 16.7. The summed E-state index contributed by atoms with van der Waals surface area (Å²) in [6, 6.07) is 5.42. The Kier molecular flexibility index (Phi) is 6.22. The number of hydrogen-bond donors (Lipinski definition) is 2. The number of pyridine rings is 1. The zero-order valence-corrected chi connectivity index (χ0v) is 13.4. The van der Waals surface area contributed by atoms with E-state index in [2.05, 4.69) is 20.4 Å². The third-order valence-corrected chi connectivity index (χ3v) is 3.52. The van der Waals surface area contributed by atoms with E-state index < -0.39 is 0 Å². The molecule has 7 heteroatoms. The standard InChI is InChI=1S/C16H22N4O3/c1-11(2)12(8-10-21)18-14(22)6-7-15-19-16(20-23-15)13-5-3-4-9-17-13/h3-5,9,11-12,21H,6-8,10H2,1-2H3,(H,18,22). The van der Waals surface area contributed by atoms with Crippen molar-refractivity contribution >= 4 is 5.91 Å². The van der Waals surface area contributed by atoms with Crippen molar-refractivity contribution in [2.24, 2.45) is 5.92 Å². The molecule has 2 aromatic heterocycles. The molecule has 0 aliphatic heterocycles. The first-order chi connectivity index (χ1) is 11.1. The van der Waals surface area contributed by atoms with Gasteiger partial charge in [-0.2, -0.15) is 4.98 Å². The summed E-state index contributed by atoms with van der Waals surface area (Å²) in [4.78, 5) is 20.4. The lowest BCUT2D eigenvalue weighted by atomic mass is 10.0. The van der Waals surface area contributed by atoms with Crippen molar-refractivity contribution in [2.45, 2.75) is 39.2 Å². The van der Waals surface area contributed by atoms with Crippen molar-refractivity contribution in [1.82, 2.24) is 20.4 Å². The Labute approximate surface area is 135 Å². The molecule has 0 spiro atoms. The van der Waals surface area contributed by atoms with Crippen LogP contribution in [0, 0.1) is 5.92 Å². The van der Waals surface area contributed by atoms with Gasteiger partial charge in [0, 0.05) is 31.7 Å². The third-order valence-electron chi connectivity index (χ3n) is 3.52. The first-order valence-corrected chi connectivity index (χ1v) is 7.74. The van der Waals surface area contributed by atoms with Gasteiger partial charge in [-0.25, -0.2) is 0 Å². The SMILES string of the molecule is CC(C)C(CCO)NC(=O)CCc1nc(-c2ccccn2)no1. The van der Waals surface area contributed by atoms with Gasteiger partial charge < -0.3 is 14.9 Å². The molecule has 0 saturated carbocycles. The van der Waals surface area contributed by atoms with Gasteiger partial charge in [-0.15, -0.1) is 0 Å². The van der Waals surface area contributed by atoms with Gasteiger partial charge in [-0.05, 0) is 24.5 Å². The van der Waals surface area contributed by atoms with E-state index in [0.29, 0.717) is 30.3 Å². The first kappa shape index (κ1) is 17.1. The van der Waals surface area contributed by atoms with Crippen LogP contribution in [0.15, 0.2) is 28.9 Å². The Bertz CT molecular complexity index is 613. The number of aromatic nitrogens is 3. The van der Waals surface area contributed by atoms with Gasteiger partial charge in [0.2, 0.25) is 17.6 Å². The summed E-state index contributed by atoms with van der Waals surface area (Å²) in [6.45, 7) is 4.08. The highest BCUT2D eigenvalue weighted by atomic mass is 16.5. The maximum atomic E-state index is 12.0. The third kappa shape index (κ3) is 5.14. The van der Waals surface area contributed by atoms with Crippen LogP contribution >= 0.6 is 0 Å². The Morgan fingerprint density at radius 1 is 1.39 bits per heavy atom. The molecule has 23 heavy (non-hydrogen) atoms. The van der Waals surface area contributed by atoms with E-state index in [1.54, 1.807) is 12.3 Å². The average molecular weight is 318 g/mol. The van der Waals surface area contributed by atoms with E-state index in [1.165, 1.54) is 0 Å². The van der Waals surface area contributed by atoms with Gasteiger partial charge in [0.05, 0.1) is 0 Å². The molecular formula is C16H22N4O3. The number of hydrogen-bond acceptors (Lipinski definition) is 6. The lowest BCUT2D eigenvalue weighted by Crippen LogP contribution is -2.39. The largest absolute Gasteiger partial charge is 0.396 e. The molecule has 0 fully saturated rings. The molecule has 0 aliphatic carbocycles. The highest BCUT2D eigenvalue weighted by molar-refractivity contribution is 5.76. The zero-order valence-electron chi connectivity index (χ0n) is 13.4. The van der Waals surface area contributed by atoms with Crippen molar-refractivity contribution in [1.29, 1.82) is 0 Å². The van der Waals surface area contributed by atoms with Crippen LogP contribution in [0.2, 0.25) is 0 Å². The second kappa shape index (κ2) is 8.38. The lowest BCUT2D eigenvalue weighted by Gasteiger charge is -2.21. The summed E-state index contributed by atoms with van der Waals surface area (Å²) >= 11 is 0. The van der Waals surface area contributed by atoms with E-state index in [-0.39, 0.29) is 30.9 Å². The number of aliphatic hydroxyl groups is 1. The minimum atomic E-state index is -0.0882. The average Bonchev–Trinajstić information content (AvgIpc) is 3.02. The van der Waals surface area contributed by atoms with Gasteiger partial charge in [0.1, 0.15) is 5.69 Å². The number of carbonyl (C=O) groups is 1. The maximum absolute atomic E-state index is 12.0. The van der Waals surface area contributed by atoms with Gasteiger partial charge in [0.25, 0.3) is 0 Å². The molecule has 2 N–H and O–H groups in total. The fourth-order valence-electron chi connectivity index (χ4n) is 2.17. The summed E-state index contributed by atoms with van der Waals surface area (Å²) in [5.41, 5.74) is 0.634. The number of aryl methyl sites for hydroxylation is 1. The smallest absolute Gasteiger partial charge is 0.227 e. The van der Waals surface area contributed by atoms with Crippen molar-refractivity contribution in [3.05, 3.63) is 30.3 Å². The molecular weight excluding hydrogens is 296 g/mol. The summed E-state index contributed by atoms with van der Waals surface area (Å²) in [5.74, 6) is 1.01. The summed E-state index contributed by atoms with van der Waals surface area (Å²) < 4.78 is 5.15. The van der Waals surface area contributed by atoms with E-state index in [4.69, 9.17) is 9.63 Å². The minimum absolute atomic E-state index is 0.0285. The number of nitrogens with zero attached hydrogens (tertiary/aromatic N) is 3. The quantitative estimate of drug-likeness (QED) is 0.766. The van der Waals surface area contributed by atoms with Crippen LogP contribution in [-0.4, -0.2) is 38.8 Å². The molecule has 0 aliphatic rings. The van der Waals surface area contributed by atoms with E-state index in [0.717, 1.165) is 0 Å². The monoisotopic (exact) mass is 318 g/mol. The topological polar surface area (TPSA) is 101 Å². The van der Waals surface area contributed by atoms with Gasteiger partial charge in [-0.1, -0.05) is 25.1 Å². The fourth-order valence-corrected chi connectivity index (χ4v) is 2.17. The number of amides is 1. The number of carbonyl (C=O) groups excluding carboxylic acids is 1. The molecule has 1 atom stereocenters. The highest BCUT2D eigenvalue weighted by Crippen LogP contribution is 2.13. The Balaban J connectivity index is 1.86. The second-order valence-corrected chi connectivity index (χ2v) is 5.66. The molecule has 0 saturated heterocycles. The summed E-state index contributed by atoms with van der Waals surface area (Å²) in [5, 5.41) is 15.8. The van der Waals surface area contributed by atoms with Crippen LogP contribution in [0.1, 0.15) is 32.6 Å². The predicted octanol–water partition coefficient (Wildman–Crippen LogP) is 1.59.